The van der Waals surface area contributed by atoms with E-state index < -0.39 is 23.2 Å². The molecule has 51 heavy (non-hydrogen) atoms. The van der Waals surface area contributed by atoms with Crippen molar-refractivity contribution < 1.29 is 27.5 Å². The Labute approximate surface area is 294 Å². The third-order valence-electron chi connectivity index (χ3n) is 9.02. The summed E-state index contributed by atoms with van der Waals surface area (Å²) in [5.41, 5.74) is 0.589. The van der Waals surface area contributed by atoms with Crippen molar-refractivity contribution in [2.45, 2.75) is 32.5 Å². The number of alkyl halides is 3. The van der Waals surface area contributed by atoms with Crippen LogP contribution in [0.25, 0.3) is 22.1 Å². The lowest BCUT2D eigenvalue weighted by atomic mass is 10.1. The lowest BCUT2D eigenvalue weighted by Gasteiger charge is -2.36. The van der Waals surface area contributed by atoms with Crippen LogP contribution in [-0.2, 0) is 28.7 Å². The molecular formula is C35H32ClF3N8O4. The third kappa shape index (κ3) is 6.78. The summed E-state index contributed by atoms with van der Waals surface area (Å²) in [7, 11) is 0. The maximum absolute atomic E-state index is 14.2. The van der Waals surface area contributed by atoms with Crippen molar-refractivity contribution in [2.75, 3.05) is 49.6 Å². The molecule has 1 saturated heterocycles. The number of nitrogens with zero attached hydrogens (tertiary/aromatic N) is 7. The minimum Gasteiger partial charge on any atom is -0.377 e. The molecule has 0 radical (unpaired) electrons. The van der Waals surface area contributed by atoms with Crippen molar-refractivity contribution in [1.29, 1.82) is 0 Å². The first kappa shape index (κ1) is 34.2. The molecule has 1 fully saturated rings. The molecule has 0 aliphatic carbocycles. The van der Waals surface area contributed by atoms with Gasteiger partial charge in [0.25, 0.3) is 11.5 Å². The van der Waals surface area contributed by atoms with E-state index in [1.54, 1.807) is 21.7 Å². The van der Waals surface area contributed by atoms with Gasteiger partial charge in [-0.1, -0.05) is 48.9 Å². The molecule has 16 heteroatoms. The summed E-state index contributed by atoms with van der Waals surface area (Å²) in [5.74, 6) is -0.357. The zero-order chi connectivity index (χ0) is 35.9. The first-order valence-corrected chi connectivity index (χ1v) is 16.7. The van der Waals surface area contributed by atoms with Gasteiger partial charge in [0, 0.05) is 37.8 Å². The molecule has 5 heterocycles. The number of carbonyl (C=O) groups excluding carboxylic acids is 2. The Kier molecular flexibility index (Phi) is 9.25. The number of hydrogen-bond acceptors (Lipinski definition) is 8. The number of piperazine rings is 1. The number of pyridine rings is 1. The minimum atomic E-state index is -4.60. The van der Waals surface area contributed by atoms with Crippen LogP contribution in [0.15, 0.2) is 65.6 Å². The highest BCUT2D eigenvalue weighted by Crippen LogP contribution is 2.34. The summed E-state index contributed by atoms with van der Waals surface area (Å²) in [6.45, 7) is 3.62. The number of aromatic nitrogens is 5. The Morgan fingerprint density at radius 3 is 2.49 bits per heavy atom. The smallest absolute Gasteiger partial charge is 0.377 e. The van der Waals surface area contributed by atoms with E-state index in [4.69, 9.17) is 16.3 Å². The highest BCUT2D eigenvalue weighted by molar-refractivity contribution is 6.33. The number of carbonyl (C=O) groups is 2. The molecule has 2 aromatic carbocycles. The number of benzene rings is 2. The van der Waals surface area contributed by atoms with Crippen molar-refractivity contribution >= 4 is 56.9 Å². The second-order valence-corrected chi connectivity index (χ2v) is 12.6. The van der Waals surface area contributed by atoms with Gasteiger partial charge >= 0.3 is 6.18 Å². The Morgan fingerprint density at radius 2 is 1.80 bits per heavy atom. The molecule has 0 spiro atoms. The summed E-state index contributed by atoms with van der Waals surface area (Å²) in [6.07, 6.45) is -0.220. The monoisotopic (exact) mass is 720 g/mol. The fourth-order valence-corrected chi connectivity index (χ4v) is 6.65. The van der Waals surface area contributed by atoms with E-state index in [0.29, 0.717) is 75.1 Å². The lowest BCUT2D eigenvalue weighted by Crippen LogP contribution is -2.51. The second kappa shape index (κ2) is 13.8. The van der Waals surface area contributed by atoms with Gasteiger partial charge in [0.2, 0.25) is 11.7 Å². The van der Waals surface area contributed by atoms with E-state index in [9.17, 15) is 27.6 Å². The first-order chi connectivity index (χ1) is 24.5. The van der Waals surface area contributed by atoms with Crippen LogP contribution >= 0.6 is 11.6 Å². The molecule has 12 nitrogen and oxygen atoms in total. The van der Waals surface area contributed by atoms with Gasteiger partial charge in [-0.15, -0.1) is 5.10 Å². The summed E-state index contributed by atoms with van der Waals surface area (Å²) >= 11 is 6.13. The summed E-state index contributed by atoms with van der Waals surface area (Å²) in [5, 5.41) is 8.72. The summed E-state index contributed by atoms with van der Waals surface area (Å²) < 4.78 is 47.8. The van der Waals surface area contributed by atoms with E-state index in [1.165, 1.54) is 4.52 Å². The zero-order valence-corrected chi connectivity index (χ0v) is 28.2. The van der Waals surface area contributed by atoms with E-state index in [-0.39, 0.29) is 28.9 Å². The molecule has 0 atom stereocenters. The number of rotatable bonds is 7. The largest absolute Gasteiger partial charge is 0.416 e. The number of fused-ring (bicyclic) bond motifs is 2. The van der Waals surface area contributed by atoms with Crippen LogP contribution in [0.3, 0.4) is 0 Å². The van der Waals surface area contributed by atoms with Gasteiger partial charge in [0.05, 0.1) is 35.2 Å². The average molecular weight is 721 g/mol. The fraction of sp³-hybridized carbons (Fsp3) is 0.314. The van der Waals surface area contributed by atoms with Crippen LogP contribution in [0.1, 0.15) is 40.9 Å². The van der Waals surface area contributed by atoms with Gasteiger partial charge in [-0.05, 0) is 48.1 Å². The van der Waals surface area contributed by atoms with Crippen molar-refractivity contribution in [1.82, 2.24) is 29.0 Å². The molecule has 2 aliphatic rings. The molecule has 0 unspecified atom stereocenters. The molecule has 1 N–H and O–H groups in total. The first-order valence-electron chi connectivity index (χ1n) is 16.4. The molecule has 0 bridgehead atoms. The van der Waals surface area contributed by atoms with Crippen molar-refractivity contribution in [3.63, 3.8) is 0 Å². The van der Waals surface area contributed by atoms with Crippen molar-refractivity contribution in [2.24, 2.45) is 0 Å². The molecule has 264 valence electrons. The van der Waals surface area contributed by atoms with Gasteiger partial charge in [0.1, 0.15) is 17.9 Å². The van der Waals surface area contributed by atoms with Crippen LogP contribution in [0.4, 0.5) is 24.5 Å². The van der Waals surface area contributed by atoms with Gasteiger partial charge in [-0.25, -0.2) is 0 Å². The highest BCUT2D eigenvalue weighted by atomic mass is 35.5. The maximum Gasteiger partial charge on any atom is 0.416 e. The minimum absolute atomic E-state index is 0.00112. The quantitative estimate of drug-likeness (QED) is 0.247. The van der Waals surface area contributed by atoms with E-state index in [0.717, 1.165) is 34.5 Å². The summed E-state index contributed by atoms with van der Waals surface area (Å²) in [4.78, 5) is 53.8. The zero-order valence-electron chi connectivity index (χ0n) is 27.4. The Bertz CT molecular complexity index is 2260. The predicted octanol–water partition coefficient (Wildman–Crippen LogP) is 5.08. The Morgan fingerprint density at radius 1 is 1.04 bits per heavy atom. The number of halogens is 4. The molecule has 7 rings (SSSR count). The van der Waals surface area contributed by atoms with Gasteiger partial charge in [0.15, 0.2) is 5.82 Å². The predicted molar refractivity (Wildman–Crippen MR) is 185 cm³/mol. The Balaban J connectivity index is 1.20. The van der Waals surface area contributed by atoms with Gasteiger partial charge < -0.3 is 24.4 Å². The third-order valence-corrected chi connectivity index (χ3v) is 9.33. The van der Waals surface area contributed by atoms with E-state index in [2.05, 4.69) is 20.4 Å². The van der Waals surface area contributed by atoms with Crippen molar-refractivity contribution in [3.8, 4) is 0 Å². The molecule has 0 saturated carbocycles. The molecule has 3 aromatic heterocycles. The topological polar surface area (TPSA) is 127 Å². The van der Waals surface area contributed by atoms with E-state index >= 15 is 0 Å². The second-order valence-electron chi connectivity index (χ2n) is 12.2. The normalized spacial score (nSPS) is 15.4. The molecule has 2 aliphatic heterocycles. The number of anilines is 2. The lowest BCUT2D eigenvalue weighted by molar-refractivity contribution is -0.137. The van der Waals surface area contributed by atoms with Crippen LogP contribution in [-0.4, -0.2) is 80.3 Å². The summed E-state index contributed by atoms with van der Waals surface area (Å²) in [6, 6.07) is 12.1. The van der Waals surface area contributed by atoms with Crippen LogP contribution < -0.4 is 15.8 Å². The number of amides is 2. The van der Waals surface area contributed by atoms with Crippen molar-refractivity contribution in [3.05, 3.63) is 99.0 Å². The van der Waals surface area contributed by atoms with Crippen LogP contribution in [0, 0.1) is 0 Å². The van der Waals surface area contributed by atoms with Crippen LogP contribution in [0.5, 0.6) is 0 Å². The highest BCUT2D eigenvalue weighted by Gasteiger charge is 2.32. The number of nitrogens with one attached hydrogen (secondary N) is 1. The fourth-order valence-electron chi connectivity index (χ4n) is 6.42. The Hall–Kier alpha value is -5.28. The van der Waals surface area contributed by atoms with Crippen LogP contribution in [0.2, 0.25) is 5.02 Å². The SMILES string of the molecule is CCc1c(N2CCN(C(=O)c3cc4ccccc4cn3)CC2)c(=O)n2nc(C3=CCOCC3)nc2n1CC(=O)Nc1ccc(C(F)(F)F)cc1Cl. The molecule has 2 amide bonds. The van der Waals surface area contributed by atoms with Gasteiger partial charge in [-0.3, -0.25) is 19.4 Å². The number of hydrogen-bond donors (Lipinski definition) is 1. The van der Waals surface area contributed by atoms with E-state index in [1.807, 2.05) is 42.2 Å². The standard InChI is InChI=1S/C35H32ClF3N8O4/c1-2-28-30(44-11-13-45(14-12-44)32(49)27-17-22-5-3-4-6-23(22)19-40-27)33(50)47-34(42-31(43-47)21-9-15-51-16-10-21)46(28)20-29(48)41-26-8-7-24(18-25(26)36)35(37,38)39/h3-9,17-19H,2,10-16,20H2,1H3,(H,41,48). The molecular weight excluding hydrogens is 689 g/mol. The average Bonchev–Trinajstić information content (AvgIpc) is 3.59. The molecule has 5 aromatic rings. The van der Waals surface area contributed by atoms with Gasteiger partial charge in [-0.2, -0.15) is 22.7 Å². The number of ether oxygens (including phenoxy) is 1. The maximum atomic E-state index is 14.2.